The SMILES string of the molecule is CC(C)(C)c1cc(C(F)(F)F)n2nc(C(=O)Nc3ccccc3Sc3ccc(Cl)cc3)cc2n1. The van der Waals surface area contributed by atoms with Crippen molar-refractivity contribution in [2.75, 3.05) is 5.32 Å². The number of carbonyl (C=O) groups is 1. The molecule has 34 heavy (non-hydrogen) atoms. The van der Waals surface area contributed by atoms with Gasteiger partial charge in [0, 0.05) is 26.3 Å². The molecule has 0 radical (unpaired) electrons. The van der Waals surface area contributed by atoms with Crippen molar-refractivity contribution in [2.24, 2.45) is 0 Å². The number of amides is 1. The molecule has 0 saturated carbocycles. The van der Waals surface area contributed by atoms with Gasteiger partial charge in [0.2, 0.25) is 0 Å². The number of rotatable bonds is 4. The molecule has 1 N–H and O–H groups in total. The summed E-state index contributed by atoms with van der Waals surface area (Å²) in [5, 5.41) is 7.28. The summed E-state index contributed by atoms with van der Waals surface area (Å²) >= 11 is 7.35. The van der Waals surface area contributed by atoms with E-state index in [0.717, 1.165) is 15.9 Å². The van der Waals surface area contributed by atoms with E-state index < -0.39 is 23.2 Å². The predicted molar refractivity (Wildman–Crippen MR) is 127 cm³/mol. The first kappa shape index (κ1) is 24.1. The van der Waals surface area contributed by atoms with Gasteiger partial charge in [0.15, 0.2) is 11.3 Å². The van der Waals surface area contributed by atoms with Gasteiger partial charge in [-0.25, -0.2) is 9.50 Å². The summed E-state index contributed by atoms with van der Waals surface area (Å²) in [4.78, 5) is 18.9. The van der Waals surface area contributed by atoms with E-state index in [-0.39, 0.29) is 17.0 Å². The van der Waals surface area contributed by atoms with Crippen LogP contribution in [-0.2, 0) is 11.6 Å². The zero-order valence-electron chi connectivity index (χ0n) is 18.4. The molecule has 0 bridgehead atoms. The predicted octanol–water partition coefficient (Wildman–Crippen LogP) is 7.10. The van der Waals surface area contributed by atoms with Gasteiger partial charge in [-0.2, -0.15) is 18.3 Å². The molecule has 176 valence electrons. The Morgan fingerprint density at radius 2 is 1.71 bits per heavy atom. The maximum Gasteiger partial charge on any atom is 0.433 e. The minimum absolute atomic E-state index is 0.0475. The highest BCUT2D eigenvalue weighted by Gasteiger charge is 2.36. The molecule has 0 atom stereocenters. The summed E-state index contributed by atoms with van der Waals surface area (Å²) in [6.07, 6.45) is -4.66. The zero-order valence-corrected chi connectivity index (χ0v) is 20.0. The molecule has 0 saturated heterocycles. The third-order valence-electron chi connectivity index (χ3n) is 4.90. The van der Waals surface area contributed by atoms with Gasteiger partial charge in [-0.15, -0.1) is 0 Å². The van der Waals surface area contributed by atoms with E-state index in [1.54, 1.807) is 45.0 Å². The summed E-state index contributed by atoms with van der Waals surface area (Å²) in [7, 11) is 0. The van der Waals surface area contributed by atoms with Crippen molar-refractivity contribution in [1.29, 1.82) is 0 Å². The lowest BCUT2D eigenvalue weighted by molar-refractivity contribution is -0.142. The van der Waals surface area contributed by atoms with E-state index in [0.29, 0.717) is 15.2 Å². The van der Waals surface area contributed by atoms with Crippen molar-refractivity contribution in [1.82, 2.24) is 14.6 Å². The van der Waals surface area contributed by atoms with Crippen molar-refractivity contribution in [3.8, 4) is 0 Å². The van der Waals surface area contributed by atoms with Crippen molar-refractivity contribution >= 4 is 40.6 Å². The summed E-state index contributed by atoms with van der Waals surface area (Å²) in [5.41, 5.74) is -1.07. The van der Waals surface area contributed by atoms with Crippen LogP contribution in [0.5, 0.6) is 0 Å². The van der Waals surface area contributed by atoms with Crippen molar-refractivity contribution in [3.63, 3.8) is 0 Å². The van der Waals surface area contributed by atoms with E-state index in [4.69, 9.17) is 11.6 Å². The van der Waals surface area contributed by atoms with Gasteiger partial charge in [0.25, 0.3) is 5.91 Å². The molecular formula is C24H20ClF3N4OS. The number of hydrogen-bond donors (Lipinski definition) is 1. The number of nitrogens with one attached hydrogen (secondary N) is 1. The number of aromatic nitrogens is 3. The maximum atomic E-state index is 13.7. The topological polar surface area (TPSA) is 59.3 Å². The molecule has 10 heteroatoms. The largest absolute Gasteiger partial charge is 0.433 e. The number of alkyl halides is 3. The van der Waals surface area contributed by atoms with Crippen LogP contribution >= 0.6 is 23.4 Å². The number of benzene rings is 2. The molecule has 2 aromatic carbocycles. The lowest BCUT2D eigenvalue weighted by Gasteiger charge is -2.19. The van der Waals surface area contributed by atoms with Gasteiger partial charge >= 0.3 is 6.18 Å². The van der Waals surface area contributed by atoms with E-state index in [9.17, 15) is 18.0 Å². The number of anilines is 1. The lowest BCUT2D eigenvalue weighted by Crippen LogP contribution is -2.20. The van der Waals surface area contributed by atoms with Gasteiger partial charge in [-0.05, 0) is 42.5 Å². The molecule has 0 aliphatic rings. The van der Waals surface area contributed by atoms with Crippen LogP contribution in [0, 0.1) is 0 Å². The molecule has 0 spiro atoms. The zero-order chi connectivity index (χ0) is 24.7. The van der Waals surface area contributed by atoms with Crippen LogP contribution in [0.15, 0.2) is 70.5 Å². The van der Waals surface area contributed by atoms with E-state index in [1.807, 2.05) is 24.3 Å². The molecular weight excluding hydrogens is 485 g/mol. The highest BCUT2D eigenvalue weighted by molar-refractivity contribution is 7.99. The molecule has 2 aromatic heterocycles. The van der Waals surface area contributed by atoms with Gasteiger partial charge in [0.1, 0.15) is 5.69 Å². The Labute approximate surface area is 203 Å². The molecule has 0 aliphatic carbocycles. The van der Waals surface area contributed by atoms with Gasteiger partial charge in [-0.1, -0.05) is 56.3 Å². The average molecular weight is 505 g/mol. The third-order valence-corrected chi connectivity index (χ3v) is 6.23. The number of hydrogen-bond acceptors (Lipinski definition) is 4. The Morgan fingerprint density at radius 3 is 2.35 bits per heavy atom. The normalized spacial score (nSPS) is 12.2. The van der Waals surface area contributed by atoms with Crippen LogP contribution in [0.25, 0.3) is 5.65 Å². The number of para-hydroxylation sites is 1. The van der Waals surface area contributed by atoms with Gasteiger partial charge in [0.05, 0.1) is 11.4 Å². The second-order valence-corrected chi connectivity index (χ2v) is 10.1. The third kappa shape index (κ3) is 5.20. The van der Waals surface area contributed by atoms with Crippen LogP contribution < -0.4 is 5.32 Å². The van der Waals surface area contributed by atoms with Crippen molar-refractivity contribution in [2.45, 2.75) is 42.2 Å². The van der Waals surface area contributed by atoms with E-state index in [1.165, 1.54) is 17.8 Å². The monoisotopic (exact) mass is 504 g/mol. The quantitative estimate of drug-likeness (QED) is 0.322. The Kier molecular flexibility index (Phi) is 6.35. The van der Waals surface area contributed by atoms with Crippen molar-refractivity contribution in [3.05, 3.63) is 82.8 Å². The van der Waals surface area contributed by atoms with Gasteiger partial charge in [-0.3, -0.25) is 4.79 Å². The molecule has 5 nitrogen and oxygen atoms in total. The van der Waals surface area contributed by atoms with Crippen LogP contribution in [0.2, 0.25) is 5.02 Å². The minimum atomic E-state index is -4.66. The maximum absolute atomic E-state index is 13.7. The van der Waals surface area contributed by atoms with E-state index in [2.05, 4.69) is 15.4 Å². The first-order valence-corrected chi connectivity index (χ1v) is 11.4. The number of carbonyl (C=O) groups excluding carboxylic acids is 1. The Hall–Kier alpha value is -3.04. The lowest BCUT2D eigenvalue weighted by atomic mass is 9.91. The number of halogens is 4. The summed E-state index contributed by atoms with van der Waals surface area (Å²) < 4.78 is 41.8. The molecule has 0 aliphatic heterocycles. The summed E-state index contributed by atoms with van der Waals surface area (Å²) in [5.74, 6) is -0.639. The second kappa shape index (κ2) is 8.96. The Balaban J connectivity index is 1.67. The van der Waals surface area contributed by atoms with Crippen LogP contribution in [-0.4, -0.2) is 20.5 Å². The van der Waals surface area contributed by atoms with Gasteiger partial charge < -0.3 is 5.32 Å². The van der Waals surface area contributed by atoms with Crippen LogP contribution in [0.3, 0.4) is 0 Å². The van der Waals surface area contributed by atoms with Crippen molar-refractivity contribution < 1.29 is 18.0 Å². The second-order valence-electron chi connectivity index (χ2n) is 8.58. The number of fused-ring (bicyclic) bond motifs is 1. The molecule has 0 unspecified atom stereocenters. The molecule has 4 aromatic rings. The molecule has 0 fully saturated rings. The molecule has 4 rings (SSSR count). The Bertz CT molecular complexity index is 1360. The standard InChI is InChI=1S/C24H20ClF3N4OS/c1-23(2,3)19-13-20(24(26,27)28)32-21(30-19)12-17(31-32)22(33)29-16-6-4-5-7-18(16)34-15-10-8-14(25)9-11-15/h4-13H,1-3H3,(H,29,33). The molecule has 1 amide bonds. The van der Waals surface area contributed by atoms with Crippen LogP contribution in [0.4, 0.5) is 18.9 Å². The minimum Gasteiger partial charge on any atom is -0.320 e. The fourth-order valence-electron chi connectivity index (χ4n) is 3.15. The smallest absolute Gasteiger partial charge is 0.320 e. The summed E-state index contributed by atoms with van der Waals surface area (Å²) in [6.45, 7) is 5.31. The fraction of sp³-hybridized carbons (Fsp3) is 0.208. The Morgan fingerprint density at radius 1 is 1.03 bits per heavy atom. The average Bonchev–Trinajstić information content (AvgIpc) is 3.19. The fourth-order valence-corrected chi connectivity index (χ4v) is 4.17. The first-order chi connectivity index (χ1) is 15.9. The highest BCUT2D eigenvalue weighted by Crippen LogP contribution is 2.35. The molecule has 2 heterocycles. The first-order valence-electron chi connectivity index (χ1n) is 10.2. The van der Waals surface area contributed by atoms with Crippen LogP contribution in [0.1, 0.15) is 42.6 Å². The summed E-state index contributed by atoms with van der Waals surface area (Å²) in [6, 6.07) is 16.6. The number of nitrogens with zero attached hydrogens (tertiary/aromatic N) is 3. The highest BCUT2D eigenvalue weighted by atomic mass is 35.5. The van der Waals surface area contributed by atoms with E-state index >= 15 is 0 Å².